The number of halogens is 2. The zero-order valence-corrected chi connectivity index (χ0v) is 8.65. The van der Waals surface area contributed by atoms with E-state index in [9.17, 15) is 4.79 Å². The Morgan fingerprint density at radius 2 is 2.17 bits per heavy atom. The molecule has 0 aromatic heterocycles. The number of esters is 1. The second-order valence-corrected chi connectivity index (χ2v) is 4.14. The molecular weight excluding hydrogens is 199 g/mol. The normalized spacial score (nSPS) is 11.4. The third-order valence-corrected chi connectivity index (χ3v) is 1.66. The molecular formula is C8H12Cl2O2. The lowest BCUT2D eigenvalue weighted by Crippen LogP contribution is -2.29. The Kier molecular flexibility index (Phi) is 4.64. The molecule has 0 aromatic carbocycles. The second kappa shape index (κ2) is 4.73. The molecule has 0 saturated heterocycles. The summed E-state index contributed by atoms with van der Waals surface area (Å²) in [6.07, 6.45) is 1.45. The fourth-order valence-corrected chi connectivity index (χ4v) is 0.872. The summed E-state index contributed by atoms with van der Waals surface area (Å²) in [4.78, 5) is 11.1. The highest BCUT2D eigenvalue weighted by molar-refractivity contribution is 6.57. The predicted octanol–water partition coefficient (Wildman–Crippen LogP) is 2.69. The van der Waals surface area contributed by atoms with Crippen LogP contribution in [-0.4, -0.2) is 16.4 Å². The first-order valence-electron chi connectivity index (χ1n) is 3.60. The molecule has 0 unspecified atom stereocenters. The van der Waals surface area contributed by atoms with Gasteiger partial charge < -0.3 is 4.74 Å². The highest BCUT2D eigenvalue weighted by Gasteiger charge is 2.34. The minimum absolute atomic E-state index is 0.182. The Morgan fingerprint density at radius 1 is 1.67 bits per heavy atom. The van der Waals surface area contributed by atoms with Gasteiger partial charge in [0.1, 0.15) is 0 Å². The monoisotopic (exact) mass is 210 g/mol. The van der Waals surface area contributed by atoms with Gasteiger partial charge in [-0.15, -0.1) is 6.58 Å². The zero-order valence-electron chi connectivity index (χ0n) is 7.14. The molecule has 0 radical (unpaired) electrons. The lowest BCUT2D eigenvalue weighted by Gasteiger charge is -2.17. The van der Waals surface area contributed by atoms with Crippen molar-refractivity contribution in [3.05, 3.63) is 12.7 Å². The van der Waals surface area contributed by atoms with Gasteiger partial charge in [0.25, 0.3) is 0 Å². The summed E-state index contributed by atoms with van der Waals surface area (Å²) in [6.45, 7) is 6.89. The van der Waals surface area contributed by atoms with Crippen molar-refractivity contribution in [2.24, 2.45) is 0 Å². The van der Waals surface area contributed by atoms with Crippen LogP contribution < -0.4 is 0 Å². The maximum absolute atomic E-state index is 11.1. The van der Waals surface area contributed by atoms with Crippen LogP contribution in [0.2, 0.25) is 0 Å². The number of carbonyl (C=O) groups is 1. The van der Waals surface area contributed by atoms with Gasteiger partial charge in [-0.05, 0) is 13.8 Å². The van der Waals surface area contributed by atoms with Crippen molar-refractivity contribution in [1.29, 1.82) is 0 Å². The summed E-state index contributed by atoms with van der Waals surface area (Å²) < 4.78 is 3.32. The first kappa shape index (κ1) is 11.8. The highest BCUT2D eigenvalue weighted by atomic mass is 35.5. The minimum atomic E-state index is -1.49. The zero-order chi connectivity index (χ0) is 9.78. The third kappa shape index (κ3) is 3.98. The summed E-state index contributed by atoms with van der Waals surface area (Å²) in [5, 5.41) is 0. The van der Waals surface area contributed by atoms with E-state index < -0.39 is 10.3 Å². The number of carbonyl (C=O) groups excluding carboxylic acids is 1. The summed E-state index contributed by atoms with van der Waals surface area (Å²) in [6, 6.07) is 0. The Bertz CT molecular complexity index is 176. The molecule has 0 bridgehead atoms. The van der Waals surface area contributed by atoms with Gasteiger partial charge in [-0.1, -0.05) is 29.3 Å². The quantitative estimate of drug-likeness (QED) is 0.406. The molecule has 0 atom stereocenters. The maximum Gasteiger partial charge on any atom is 0.343 e. The molecule has 0 N–H and O–H groups in total. The van der Waals surface area contributed by atoms with Crippen LogP contribution in [0.5, 0.6) is 0 Å². The fraction of sp³-hybridized carbons (Fsp3) is 0.625. The molecule has 12 heavy (non-hydrogen) atoms. The molecule has 70 valence electrons. The second-order valence-electron chi connectivity index (χ2n) is 2.65. The first-order chi connectivity index (χ1) is 5.40. The fourth-order valence-electron chi connectivity index (χ4n) is 0.565. The number of rotatable bonds is 4. The lowest BCUT2D eigenvalue weighted by molar-refractivity contribution is -0.148. The van der Waals surface area contributed by atoms with E-state index in [1.165, 1.54) is 6.08 Å². The number of allylic oxidation sites excluding steroid dienone is 1. The summed E-state index contributed by atoms with van der Waals surface area (Å²) in [5.74, 6) is -0.624. The van der Waals surface area contributed by atoms with Crippen LogP contribution in [0.25, 0.3) is 0 Å². The van der Waals surface area contributed by atoms with Crippen molar-refractivity contribution in [2.75, 3.05) is 0 Å². The van der Waals surface area contributed by atoms with Gasteiger partial charge in [0, 0.05) is 6.42 Å². The van der Waals surface area contributed by atoms with E-state index in [-0.39, 0.29) is 12.5 Å². The Hall–Kier alpha value is -0.210. The van der Waals surface area contributed by atoms with Crippen molar-refractivity contribution < 1.29 is 9.53 Å². The van der Waals surface area contributed by atoms with Gasteiger partial charge in [-0.2, -0.15) is 0 Å². The molecule has 4 heteroatoms. The summed E-state index contributed by atoms with van der Waals surface area (Å²) in [5.41, 5.74) is 0. The van der Waals surface area contributed by atoms with Crippen LogP contribution in [-0.2, 0) is 9.53 Å². The van der Waals surface area contributed by atoms with Crippen LogP contribution in [0, 0.1) is 0 Å². The van der Waals surface area contributed by atoms with E-state index in [0.717, 1.165) is 0 Å². The van der Waals surface area contributed by atoms with Gasteiger partial charge in [-0.25, -0.2) is 4.79 Å². The van der Waals surface area contributed by atoms with E-state index in [4.69, 9.17) is 27.9 Å². The van der Waals surface area contributed by atoms with E-state index >= 15 is 0 Å². The molecule has 0 spiro atoms. The third-order valence-electron chi connectivity index (χ3n) is 1.04. The van der Waals surface area contributed by atoms with E-state index in [1.54, 1.807) is 13.8 Å². The van der Waals surface area contributed by atoms with E-state index in [1.807, 2.05) is 0 Å². The van der Waals surface area contributed by atoms with Gasteiger partial charge in [-0.3, -0.25) is 0 Å². The molecule has 0 saturated carbocycles. The van der Waals surface area contributed by atoms with Gasteiger partial charge in [0.05, 0.1) is 6.10 Å². The van der Waals surface area contributed by atoms with Gasteiger partial charge in [0.2, 0.25) is 4.33 Å². The maximum atomic E-state index is 11.1. The van der Waals surface area contributed by atoms with E-state index in [0.29, 0.717) is 0 Å². The Labute approximate surface area is 82.5 Å². The van der Waals surface area contributed by atoms with Crippen LogP contribution in [0.1, 0.15) is 20.3 Å². The van der Waals surface area contributed by atoms with Crippen molar-refractivity contribution in [3.63, 3.8) is 0 Å². The first-order valence-corrected chi connectivity index (χ1v) is 4.35. The average molecular weight is 211 g/mol. The number of ether oxygens (including phenoxy) is 1. The molecule has 0 aliphatic heterocycles. The van der Waals surface area contributed by atoms with Crippen LogP contribution in [0.4, 0.5) is 0 Å². The van der Waals surface area contributed by atoms with Crippen molar-refractivity contribution in [2.45, 2.75) is 30.7 Å². The lowest BCUT2D eigenvalue weighted by atomic mass is 10.3. The molecule has 0 aliphatic carbocycles. The Morgan fingerprint density at radius 3 is 2.50 bits per heavy atom. The SMILES string of the molecule is C=CCC(Cl)(Cl)C(=O)OC(C)C. The largest absolute Gasteiger partial charge is 0.461 e. The van der Waals surface area contributed by atoms with Crippen molar-refractivity contribution in [3.8, 4) is 0 Å². The van der Waals surface area contributed by atoms with Crippen LogP contribution in [0.15, 0.2) is 12.7 Å². The number of hydrogen-bond acceptors (Lipinski definition) is 2. The molecule has 0 rings (SSSR count). The molecule has 0 fully saturated rings. The van der Waals surface area contributed by atoms with Crippen molar-refractivity contribution in [1.82, 2.24) is 0 Å². The highest BCUT2D eigenvalue weighted by Crippen LogP contribution is 2.27. The standard InChI is InChI=1S/C8H12Cl2O2/c1-4-5-8(9,10)7(11)12-6(2)3/h4,6H,1,5H2,2-3H3. The van der Waals surface area contributed by atoms with Gasteiger partial charge >= 0.3 is 5.97 Å². The Balaban J connectivity index is 4.14. The van der Waals surface area contributed by atoms with Crippen LogP contribution >= 0.6 is 23.2 Å². The van der Waals surface area contributed by atoms with Crippen LogP contribution in [0.3, 0.4) is 0 Å². The number of hydrogen-bond donors (Lipinski definition) is 0. The molecule has 0 aromatic rings. The minimum Gasteiger partial charge on any atom is -0.461 e. The topological polar surface area (TPSA) is 26.3 Å². The average Bonchev–Trinajstić information content (AvgIpc) is 1.85. The molecule has 0 amide bonds. The molecule has 2 nitrogen and oxygen atoms in total. The smallest absolute Gasteiger partial charge is 0.343 e. The predicted molar refractivity (Wildman–Crippen MR) is 50.5 cm³/mol. The summed E-state index contributed by atoms with van der Waals surface area (Å²) >= 11 is 11.3. The van der Waals surface area contributed by atoms with Gasteiger partial charge in [0.15, 0.2) is 0 Å². The summed E-state index contributed by atoms with van der Waals surface area (Å²) in [7, 11) is 0. The molecule has 0 heterocycles. The molecule has 0 aliphatic rings. The van der Waals surface area contributed by atoms with E-state index in [2.05, 4.69) is 6.58 Å². The van der Waals surface area contributed by atoms with Crippen molar-refractivity contribution >= 4 is 29.2 Å². The number of alkyl halides is 2.